The Morgan fingerprint density at radius 1 is 1.33 bits per heavy atom. The number of rotatable bonds is 3. The van der Waals surface area contributed by atoms with Gasteiger partial charge in [0.25, 0.3) is 0 Å². The maximum Gasteiger partial charge on any atom is 0.416 e. The van der Waals surface area contributed by atoms with Crippen molar-refractivity contribution >= 4 is 5.70 Å². The van der Waals surface area contributed by atoms with Gasteiger partial charge >= 0.3 is 6.18 Å². The van der Waals surface area contributed by atoms with E-state index < -0.39 is 11.7 Å². The van der Waals surface area contributed by atoms with Gasteiger partial charge < -0.3 is 9.88 Å². The second-order valence-electron chi connectivity index (χ2n) is 5.08. The first-order valence-electron chi connectivity index (χ1n) is 6.69. The average molecular weight is 297 g/mol. The van der Waals surface area contributed by atoms with Crippen molar-refractivity contribution in [2.24, 2.45) is 0 Å². The highest BCUT2D eigenvalue weighted by atomic mass is 19.4. The van der Waals surface area contributed by atoms with Crippen LogP contribution in [0.5, 0.6) is 0 Å². The van der Waals surface area contributed by atoms with Gasteiger partial charge in [0.1, 0.15) is 0 Å². The van der Waals surface area contributed by atoms with Crippen LogP contribution in [0, 0.1) is 6.92 Å². The van der Waals surface area contributed by atoms with Crippen LogP contribution in [0.25, 0.3) is 5.70 Å². The molecule has 3 nitrogen and oxygen atoms in total. The Morgan fingerprint density at radius 2 is 2.05 bits per heavy atom. The standard InChI is InChI=1S/C15H18F3N3/c1-10-8-21(9-20-10)14-5-4-12(11(2)19-3)6-13(7-14)15(16,17)18/h5-9,11,19H,4H2,1-3H3. The van der Waals surface area contributed by atoms with Crippen molar-refractivity contribution in [3.63, 3.8) is 0 Å². The molecule has 0 saturated carbocycles. The second kappa shape index (κ2) is 5.89. The molecule has 0 spiro atoms. The molecule has 1 atom stereocenters. The number of aryl methyl sites for hydroxylation is 1. The Kier molecular flexibility index (Phi) is 4.37. The minimum atomic E-state index is -4.38. The van der Waals surface area contributed by atoms with E-state index in [1.807, 2.05) is 6.92 Å². The van der Waals surface area contributed by atoms with Crippen molar-refractivity contribution in [3.8, 4) is 0 Å². The Bertz CT molecular complexity index is 606. The molecule has 1 aliphatic carbocycles. The number of nitrogens with one attached hydrogen (secondary N) is 1. The topological polar surface area (TPSA) is 29.9 Å². The third-order valence-electron chi connectivity index (χ3n) is 3.52. The van der Waals surface area contributed by atoms with Gasteiger partial charge in [0.2, 0.25) is 0 Å². The smallest absolute Gasteiger partial charge is 0.314 e. The quantitative estimate of drug-likeness (QED) is 0.926. The van der Waals surface area contributed by atoms with Crippen LogP contribution in [0.2, 0.25) is 0 Å². The largest absolute Gasteiger partial charge is 0.416 e. The second-order valence-corrected chi connectivity index (χ2v) is 5.08. The summed E-state index contributed by atoms with van der Waals surface area (Å²) in [6.45, 7) is 3.65. The van der Waals surface area contributed by atoms with Gasteiger partial charge in [-0.3, -0.25) is 0 Å². The molecule has 1 heterocycles. The van der Waals surface area contributed by atoms with Crippen LogP contribution in [0.4, 0.5) is 13.2 Å². The number of allylic oxidation sites excluding steroid dienone is 5. The van der Waals surface area contributed by atoms with Gasteiger partial charge in [-0.05, 0) is 45.0 Å². The maximum absolute atomic E-state index is 13.2. The SMILES string of the molecule is CNC(C)C1=CC(C(F)(F)F)=CC(n2cnc(C)c2)=CC1. The number of imidazole rings is 1. The molecule has 21 heavy (non-hydrogen) atoms. The monoisotopic (exact) mass is 297 g/mol. The van der Waals surface area contributed by atoms with Crippen molar-refractivity contribution in [3.05, 3.63) is 47.6 Å². The Morgan fingerprint density at radius 3 is 2.57 bits per heavy atom. The first kappa shape index (κ1) is 15.6. The predicted octanol–water partition coefficient (Wildman–Crippen LogP) is 3.46. The third-order valence-corrected chi connectivity index (χ3v) is 3.52. The predicted molar refractivity (Wildman–Crippen MR) is 76.6 cm³/mol. The molecule has 0 aromatic carbocycles. The Balaban J connectivity index is 2.45. The summed E-state index contributed by atoms with van der Waals surface area (Å²) in [6.07, 6.45) is 3.51. The first-order valence-corrected chi connectivity index (χ1v) is 6.69. The number of hydrogen-bond donors (Lipinski definition) is 1. The van der Waals surface area contributed by atoms with E-state index >= 15 is 0 Å². The van der Waals surface area contributed by atoms with Crippen LogP contribution in [-0.2, 0) is 0 Å². The molecule has 1 aromatic rings. The van der Waals surface area contributed by atoms with Crippen LogP contribution < -0.4 is 5.32 Å². The van der Waals surface area contributed by atoms with Crippen LogP contribution in [-0.4, -0.2) is 28.8 Å². The van der Waals surface area contributed by atoms with Crippen LogP contribution in [0.1, 0.15) is 19.0 Å². The summed E-state index contributed by atoms with van der Waals surface area (Å²) in [5, 5.41) is 2.98. The highest BCUT2D eigenvalue weighted by Crippen LogP contribution is 2.32. The lowest BCUT2D eigenvalue weighted by Crippen LogP contribution is -2.24. The summed E-state index contributed by atoms with van der Waals surface area (Å²) < 4.78 is 41.1. The fraction of sp³-hybridized carbons (Fsp3) is 0.400. The number of halogens is 3. The number of likely N-dealkylation sites (N-methyl/N-ethyl adjacent to an activating group) is 1. The number of aromatic nitrogens is 2. The van der Waals surface area contributed by atoms with Crippen molar-refractivity contribution in [1.82, 2.24) is 14.9 Å². The molecule has 1 N–H and O–H groups in total. The fourth-order valence-electron chi connectivity index (χ4n) is 2.13. The number of alkyl halides is 3. The fourth-order valence-corrected chi connectivity index (χ4v) is 2.13. The van der Waals surface area contributed by atoms with Gasteiger partial charge in [-0.1, -0.05) is 6.08 Å². The summed E-state index contributed by atoms with van der Waals surface area (Å²) in [7, 11) is 1.73. The Labute approximate surface area is 121 Å². The van der Waals surface area contributed by atoms with E-state index in [9.17, 15) is 13.2 Å². The minimum absolute atomic E-state index is 0.115. The number of hydrogen-bond acceptors (Lipinski definition) is 2. The van der Waals surface area contributed by atoms with Crippen LogP contribution in [0.3, 0.4) is 0 Å². The Hall–Kier alpha value is -1.82. The maximum atomic E-state index is 13.2. The summed E-state index contributed by atoms with van der Waals surface area (Å²) >= 11 is 0. The normalized spacial score (nSPS) is 17.7. The van der Waals surface area contributed by atoms with E-state index in [1.165, 1.54) is 12.4 Å². The van der Waals surface area contributed by atoms with E-state index in [0.717, 1.165) is 11.8 Å². The van der Waals surface area contributed by atoms with Gasteiger partial charge in [0, 0.05) is 17.9 Å². The third kappa shape index (κ3) is 3.64. The molecule has 0 amide bonds. The zero-order valence-corrected chi connectivity index (χ0v) is 12.2. The molecule has 1 aliphatic rings. The zero-order chi connectivity index (χ0) is 15.6. The van der Waals surface area contributed by atoms with E-state index in [0.29, 0.717) is 17.7 Å². The first-order chi connectivity index (χ1) is 9.81. The minimum Gasteiger partial charge on any atom is -0.314 e. The summed E-state index contributed by atoms with van der Waals surface area (Å²) in [5.41, 5.74) is 1.30. The summed E-state index contributed by atoms with van der Waals surface area (Å²) in [4.78, 5) is 4.06. The molecule has 0 aliphatic heterocycles. The van der Waals surface area contributed by atoms with Crippen molar-refractivity contribution < 1.29 is 13.2 Å². The van der Waals surface area contributed by atoms with Crippen LogP contribution in [0.15, 0.2) is 41.9 Å². The molecular formula is C15H18F3N3. The van der Waals surface area contributed by atoms with Gasteiger partial charge in [-0.2, -0.15) is 13.2 Å². The molecule has 0 radical (unpaired) electrons. The molecule has 1 unspecified atom stereocenters. The lowest BCUT2D eigenvalue weighted by atomic mass is 10.0. The lowest BCUT2D eigenvalue weighted by molar-refractivity contribution is -0.0882. The van der Waals surface area contributed by atoms with E-state index in [4.69, 9.17) is 0 Å². The van der Waals surface area contributed by atoms with E-state index in [1.54, 1.807) is 30.8 Å². The van der Waals surface area contributed by atoms with Gasteiger partial charge in [-0.25, -0.2) is 4.98 Å². The summed E-state index contributed by atoms with van der Waals surface area (Å²) in [5.74, 6) is 0. The van der Waals surface area contributed by atoms with Crippen molar-refractivity contribution in [2.45, 2.75) is 32.5 Å². The van der Waals surface area contributed by atoms with Crippen molar-refractivity contribution in [2.75, 3.05) is 7.05 Å². The summed E-state index contributed by atoms with van der Waals surface area (Å²) in [6, 6.07) is -0.115. The molecule has 114 valence electrons. The van der Waals surface area contributed by atoms with Gasteiger partial charge in [0.05, 0.1) is 17.6 Å². The highest BCUT2D eigenvalue weighted by Gasteiger charge is 2.33. The lowest BCUT2D eigenvalue weighted by Gasteiger charge is -2.14. The average Bonchev–Trinajstić information content (AvgIpc) is 2.72. The molecule has 0 bridgehead atoms. The molecule has 0 saturated heterocycles. The zero-order valence-electron chi connectivity index (χ0n) is 12.2. The van der Waals surface area contributed by atoms with Gasteiger partial charge in [-0.15, -0.1) is 0 Å². The highest BCUT2D eigenvalue weighted by molar-refractivity contribution is 5.62. The van der Waals surface area contributed by atoms with Gasteiger partial charge in [0.15, 0.2) is 0 Å². The molecule has 2 rings (SSSR count). The van der Waals surface area contributed by atoms with Crippen LogP contribution >= 0.6 is 0 Å². The van der Waals surface area contributed by atoms with Crippen molar-refractivity contribution in [1.29, 1.82) is 0 Å². The molecule has 1 aromatic heterocycles. The van der Waals surface area contributed by atoms with E-state index in [2.05, 4.69) is 10.3 Å². The molecule has 0 fully saturated rings. The van der Waals surface area contributed by atoms with E-state index in [-0.39, 0.29) is 6.04 Å². The molecule has 6 heteroatoms. The number of nitrogens with zero attached hydrogens (tertiary/aromatic N) is 2. The molecular weight excluding hydrogens is 279 g/mol.